The van der Waals surface area contributed by atoms with Crippen molar-refractivity contribution in [2.24, 2.45) is 17.3 Å². The number of benzene rings is 1. The summed E-state index contributed by atoms with van der Waals surface area (Å²) in [6, 6.07) is 7.17. The maximum Gasteiger partial charge on any atom is 0.494 e. The van der Waals surface area contributed by atoms with Gasteiger partial charge in [-0.15, -0.1) is 0 Å². The molecule has 1 aromatic carbocycles. The third-order valence-corrected chi connectivity index (χ3v) is 9.10. The molecule has 0 N–H and O–H groups in total. The molecule has 132 valence electrons. The lowest BCUT2D eigenvalue weighted by Crippen LogP contribution is -2.41. The van der Waals surface area contributed by atoms with Gasteiger partial charge in [0.1, 0.15) is 0 Å². The first kappa shape index (κ1) is 15.3. The van der Waals surface area contributed by atoms with E-state index in [9.17, 15) is 0 Å². The lowest BCUT2D eigenvalue weighted by molar-refractivity contribution is 0.00322. The topological polar surface area (TPSA) is 18.5 Å². The molecule has 2 nitrogen and oxygen atoms in total. The van der Waals surface area contributed by atoms with Crippen molar-refractivity contribution < 1.29 is 9.31 Å². The number of rotatable bonds is 1. The van der Waals surface area contributed by atoms with Crippen LogP contribution in [0, 0.1) is 17.3 Å². The Morgan fingerprint density at radius 2 is 1.44 bits per heavy atom. The Kier molecular flexibility index (Phi) is 2.67. The molecule has 1 heterocycles. The van der Waals surface area contributed by atoms with Crippen LogP contribution >= 0.6 is 0 Å². The van der Waals surface area contributed by atoms with Gasteiger partial charge in [-0.3, -0.25) is 0 Å². The first-order chi connectivity index (χ1) is 11.8. The van der Waals surface area contributed by atoms with Crippen LogP contribution in [-0.4, -0.2) is 18.3 Å². The van der Waals surface area contributed by atoms with Gasteiger partial charge in [-0.25, -0.2) is 0 Å². The van der Waals surface area contributed by atoms with Crippen molar-refractivity contribution >= 4 is 12.6 Å². The highest BCUT2D eigenvalue weighted by Crippen LogP contribution is 2.75. The maximum atomic E-state index is 6.32. The lowest BCUT2D eigenvalue weighted by atomic mass is 9.56. The normalized spacial score (nSPS) is 44.4. The van der Waals surface area contributed by atoms with E-state index in [4.69, 9.17) is 9.31 Å². The molecule has 3 heteroatoms. The zero-order valence-electron chi connectivity index (χ0n) is 16.0. The molecule has 4 aliphatic carbocycles. The smallest absolute Gasteiger partial charge is 0.399 e. The Balaban J connectivity index is 1.40. The molecule has 0 aromatic heterocycles. The van der Waals surface area contributed by atoms with Gasteiger partial charge < -0.3 is 9.31 Å². The fourth-order valence-electron chi connectivity index (χ4n) is 7.09. The van der Waals surface area contributed by atoms with Crippen LogP contribution in [0.4, 0.5) is 0 Å². The zero-order valence-corrected chi connectivity index (χ0v) is 16.0. The van der Waals surface area contributed by atoms with Crippen molar-refractivity contribution in [1.82, 2.24) is 0 Å². The first-order valence-corrected chi connectivity index (χ1v) is 10.3. The minimum Gasteiger partial charge on any atom is -0.399 e. The lowest BCUT2D eigenvalue weighted by Gasteiger charge is -2.48. The van der Waals surface area contributed by atoms with Gasteiger partial charge in [-0.05, 0) is 105 Å². The van der Waals surface area contributed by atoms with Crippen LogP contribution in [-0.2, 0) is 9.31 Å². The molecule has 5 atom stereocenters. The van der Waals surface area contributed by atoms with Crippen LogP contribution < -0.4 is 5.46 Å². The fraction of sp³-hybridized carbons (Fsp3) is 0.727. The minimum absolute atomic E-state index is 0.222. The van der Waals surface area contributed by atoms with E-state index >= 15 is 0 Å². The molecule has 0 amide bonds. The van der Waals surface area contributed by atoms with E-state index in [0.29, 0.717) is 0 Å². The van der Waals surface area contributed by atoms with Crippen LogP contribution in [0.1, 0.15) is 82.8 Å². The second-order valence-corrected chi connectivity index (χ2v) is 10.6. The Bertz CT molecular complexity index is 753. The van der Waals surface area contributed by atoms with E-state index in [-0.39, 0.29) is 18.3 Å². The molecular formula is C22H29BO2. The number of hydrogen-bond donors (Lipinski definition) is 0. The molecule has 6 rings (SSSR count). The van der Waals surface area contributed by atoms with Crippen LogP contribution in [0.3, 0.4) is 0 Å². The highest BCUT2D eigenvalue weighted by atomic mass is 16.7. The molecule has 25 heavy (non-hydrogen) atoms. The summed E-state index contributed by atoms with van der Waals surface area (Å²) in [5, 5.41) is 0. The molecule has 5 unspecified atom stereocenters. The second kappa shape index (κ2) is 4.36. The molecule has 3 saturated carbocycles. The number of hydrogen-bond acceptors (Lipinski definition) is 2. The van der Waals surface area contributed by atoms with E-state index < -0.39 is 0 Å². The third-order valence-electron chi connectivity index (χ3n) is 9.10. The number of fused-ring (bicyclic) bond motifs is 5. The van der Waals surface area contributed by atoms with Crippen LogP contribution in [0.25, 0.3) is 0 Å². The van der Waals surface area contributed by atoms with E-state index in [1.165, 1.54) is 37.6 Å². The largest absolute Gasteiger partial charge is 0.494 e. The molecule has 0 radical (unpaired) electrons. The van der Waals surface area contributed by atoms with Gasteiger partial charge in [-0.1, -0.05) is 18.2 Å². The Morgan fingerprint density at radius 3 is 2.08 bits per heavy atom. The van der Waals surface area contributed by atoms with E-state index in [2.05, 4.69) is 45.9 Å². The van der Waals surface area contributed by atoms with Gasteiger partial charge in [0, 0.05) is 0 Å². The van der Waals surface area contributed by atoms with E-state index in [1.54, 1.807) is 11.1 Å². The second-order valence-electron chi connectivity index (χ2n) is 10.6. The standard InChI is InChI=1S/C22H29BO2/c1-20(2)21(3,4)25-23(24-20)17-5-6-18-13-7-15-9-16-8-14(19(18)10-17)12-22(15,16)11-13/h5-6,10,13-16H,7-9,11-12H2,1-4H3. The van der Waals surface area contributed by atoms with Crippen molar-refractivity contribution in [3.63, 3.8) is 0 Å². The van der Waals surface area contributed by atoms with Crippen LogP contribution in [0.5, 0.6) is 0 Å². The van der Waals surface area contributed by atoms with Crippen molar-refractivity contribution in [1.29, 1.82) is 0 Å². The third kappa shape index (κ3) is 1.75. The van der Waals surface area contributed by atoms with Gasteiger partial charge in [0.15, 0.2) is 0 Å². The molecule has 5 aliphatic rings. The molecule has 1 spiro atoms. The summed E-state index contributed by atoms with van der Waals surface area (Å²) in [7, 11) is -0.222. The quantitative estimate of drug-likeness (QED) is 0.709. The van der Waals surface area contributed by atoms with Gasteiger partial charge >= 0.3 is 7.12 Å². The first-order valence-electron chi connectivity index (χ1n) is 10.3. The molecule has 1 aromatic rings. The van der Waals surface area contributed by atoms with Gasteiger partial charge in [0.25, 0.3) is 0 Å². The average Bonchev–Trinajstić information content (AvgIpc) is 3.05. The van der Waals surface area contributed by atoms with Crippen LogP contribution in [0.15, 0.2) is 18.2 Å². The summed E-state index contributed by atoms with van der Waals surface area (Å²) in [5.74, 6) is 3.69. The average molecular weight is 336 g/mol. The summed E-state index contributed by atoms with van der Waals surface area (Å²) in [5.41, 5.74) is 4.74. The SMILES string of the molecule is CC1(C)OB(c2ccc3c(c2)C2CC4CC5CC3CC54C2)OC1(C)C. The molecule has 1 saturated heterocycles. The van der Waals surface area contributed by atoms with Crippen LogP contribution in [0.2, 0.25) is 0 Å². The van der Waals surface area contributed by atoms with Gasteiger partial charge in [-0.2, -0.15) is 0 Å². The summed E-state index contributed by atoms with van der Waals surface area (Å²) in [6.45, 7) is 8.57. The fourth-order valence-corrected chi connectivity index (χ4v) is 7.09. The Morgan fingerprint density at radius 1 is 0.840 bits per heavy atom. The minimum atomic E-state index is -0.262. The molecule has 4 fully saturated rings. The van der Waals surface area contributed by atoms with Gasteiger partial charge in [0.2, 0.25) is 0 Å². The highest BCUT2D eigenvalue weighted by molar-refractivity contribution is 6.62. The van der Waals surface area contributed by atoms with E-state index in [1.807, 2.05) is 0 Å². The summed E-state index contributed by atoms with van der Waals surface area (Å²) < 4.78 is 12.6. The zero-order chi connectivity index (χ0) is 17.2. The Hall–Kier alpha value is -0.795. The predicted octanol–water partition coefficient (Wildman–Crippen LogP) is 4.38. The maximum absolute atomic E-state index is 6.32. The predicted molar refractivity (Wildman–Crippen MR) is 100 cm³/mol. The van der Waals surface area contributed by atoms with Crippen molar-refractivity contribution in [3.05, 3.63) is 29.3 Å². The van der Waals surface area contributed by atoms with Crippen molar-refractivity contribution in [3.8, 4) is 0 Å². The summed E-state index contributed by atoms with van der Waals surface area (Å²) >= 11 is 0. The Labute approximate surface area is 151 Å². The molecular weight excluding hydrogens is 307 g/mol. The highest BCUT2D eigenvalue weighted by Gasteiger charge is 2.65. The molecule has 3 bridgehead atoms. The van der Waals surface area contributed by atoms with Crippen molar-refractivity contribution in [2.45, 2.75) is 82.8 Å². The summed E-state index contributed by atoms with van der Waals surface area (Å²) in [4.78, 5) is 0. The monoisotopic (exact) mass is 336 g/mol. The summed E-state index contributed by atoms with van der Waals surface area (Å²) in [6.07, 6.45) is 7.33. The van der Waals surface area contributed by atoms with Crippen molar-refractivity contribution in [2.75, 3.05) is 0 Å². The van der Waals surface area contributed by atoms with E-state index in [0.717, 1.165) is 29.1 Å². The molecule has 1 aliphatic heterocycles. The van der Waals surface area contributed by atoms with Gasteiger partial charge in [0.05, 0.1) is 11.2 Å².